The van der Waals surface area contributed by atoms with Gasteiger partial charge in [0, 0.05) is 23.9 Å². The molecule has 0 saturated carbocycles. The number of aromatic nitrogens is 2. The van der Waals surface area contributed by atoms with E-state index in [1.807, 2.05) is 38.1 Å². The Morgan fingerprint density at radius 2 is 1.90 bits per heavy atom. The van der Waals surface area contributed by atoms with Crippen LogP contribution in [0.25, 0.3) is 11.4 Å². The maximum atomic E-state index is 5.60. The topological polar surface area (TPSA) is 56.3 Å². The van der Waals surface area contributed by atoms with Crippen molar-refractivity contribution in [2.24, 2.45) is 0 Å². The molecule has 20 heavy (non-hydrogen) atoms. The summed E-state index contributed by atoms with van der Waals surface area (Å²) in [4.78, 5) is 9.01. The Labute approximate surface area is 118 Å². The van der Waals surface area contributed by atoms with Gasteiger partial charge in [-0.15, -0.1) is 0 Å². The smallest absolute Gasteiger partial charge is 0.162 e. The minimum Gasteiger partial charge on any atom is -0.486 e. The lowest BCUT2D eigenvalue weighted by Crippen LogP contribution is -2.15. The first-order valence-corrected chi connectivity index (χ1v) is 6.76. The Morgan fingerprint density at radius 1 is 1.10 bits per heavy atom. The summed E-state index contributed by atoms with van der Waals surface area (Å²) in [5.41, 5.74) is 1.86. The van der Waals surface area contributed by atoms with E-state index in [1.54, 1.807) is 0 Å². The number of benzene rings is 1. The van der Waals surface area contributed by atoms with Crippen LogP contribution >= 0.6 is 0 Å². The van der Waals surface area contributed by atoms with Crippen molar-refractivity contribution in [3.8, 4) is 22.9 Å². The summed E-state index contributed by atoms with van der Waals surface area (Å²) < 4.78 is 11.1. The lowest BCUT2D eigenvalue weighted by atomic mass is 10.1. The van der Waals surface area contributed by atoms with Crippen molar-refractivity contribution in [3.05, 3.63) is 30.0 Å². The van der Waals surface area contributed by atoms with E-state index in [2.05, 4.69) is 15.3 Å². The van der Waals surface area contributed by atoms with Gasteiger partial charge in [-0.2, -0.15) is 0 Å². The number of ether oxygens (including phenoxy) is 2. The van der Waals surface area contributed by atoms with Crippen LogP contribution in [0.15, 0.2) is 24.3 Å². The van der Waals surface area contributed by atoms with Gasteiger partial charge in [0.2, 0.25) is 0 Å². The van der Waals surface area contributed by atoms with Crippen LogP contribution in [0.3, 0.4) is 0 Å². The molecule has 0 radical (unpaired) electrons. The van der Waals surface area contributed by atoms with Crippen molar-refractivity contribution in [3.63, 3.8) is 0 Å². The number of nitrogens with zero attached hydrogens (tertiary/aromatic N) is 2. The second-order valence-electron chi connectivity index (χ2n) is 4.61. The molecule has 0 saturated heterocycles. The SMILES string of the molecule is CCNc1cc(C)nc(-c2ccc3c(c2)OCCO3)n1. The summed E-state index contributed by atoms with van der Waals surface area (Å²) in [6.45, 7) is 6.01. The Morgan fingerprint density at radius 3 is 2.70 bits per heavy atom. The zero-order valence-electron chi connectivity index (χ0n) is 11.6. The van der Waals surface area contributed by atoms with Gasteiger partial charge in [-0.05, 0) is 32.0 Å². The number of nitrogens with one attached hydrogen (secondary N) is 1. The molecular formula is C15H17N3O2. The van der Waals surface area contributed by atoms with Crippen molar-refractivity contribution in [1.82, 2.24) is 9.97 Å². The van der Waals surface area contributed by atoms with Gasteiger partial charge in [0.25, 0.3) is 0 Å². The zero-order valence-corrected chi connectivity index (χ0v) is 11.6. The van der Waals surface area contributed by atoms with Gasteiger partial charge in [0.15, 0.2) is 17.3 Å². The van der Waals surface area contributed by atoms with Crippen LogP contribution in [0, 0.1) is 6.92 Å². The Bertz CT molecular complexity index is 629. The summed E-state index contributed by atoms with van der Waals surface area (Å²) >= 11 is 0. The molecule has 5 nitrogen and oxygen atoms in total. The fourth-order valence-corrected chi connectivity index (χ4v) is 2.15. The van der Waals surface area contributed by atoms with E-state index >= 15 is 0 Å². The highest BCUT2D eigenvalue weighted by Gasteiger charge is 2.14. The minimum atomic E-state index is 0.577. The van der Waals surface area contributed by atoms with Gasteiger partial charge in [-0.3, -0.25) is 0 Å². The predicted octanol–water partition coefficient (Wildman–Crippen LogP) is 2.66. The molecule has 5 heteroatoms. The first-order chi connectivity index (χ1) is 9.76. The first kappa shape index (κ1) is 12.7. The van der Waals surface area contributed by atoms with Gasteiger partial charge in [-0.25, -0.2) is 9.97 Å². The molecule has 0 atom stereocenters. The quantitative estimate of drug-likeness (QED) is 0.930. The third-order valence-electron chi connectivity index (χ3n) is 3.01. The van der Waals surface area contributed by atoms with Crippen molar-refractivity contribution >= 4 is 5.82 Å². The largest absolute Gasteiger partial charge is 0.486 e. The van der Waals surface area contributed by atoms with E-state index in [9.17, 15) is 0 Å². The average molecular weight is 271 g/mol. The standard InChI is InChI=1S/C15H17N3O2/c1-3-16-14-8-10(2)17-15(18-14)11-4-5-12-13(9-11)20-7-6-19-12/h4-5,8-9H,3,6-7H2,1-2H3,(H,16,17,18). The number of anilines is 1. The zero-order chi connectivity index (χ0) is 13.9. The van der Waals surface area contributed by atoms with Crippen molar-refractivity contribution < 1.29 is 9.47 Å². The van der Waals surface area contributed by atoms with E-state index in [-0.39, 0.29) is 0 Å². The fraction of sp³-hybridized carbons (Fsp3) is 0.333. The van der Waals surface area contributed by atoms with Crippen LogP contribution in [0.2, 0.25) is 0 Å². The molecule has 0 fully saturated rings. The second kappa shape index (κ2) is 5.36. The number of fused-ring (bicyclic) bond motifs is 1. The van der Waals surface area contributed by atoms with Gasteiger partial charge >= 0.3 is 0 Å². The Hall–Kier alpha value is -2.30. The average Bonchev–Trinajstić information content (AvgIpc) is 2.46. The highest BCUT2D eigenvalue weighted by atomic mass is 16.6. The van der Waals surface area contributed by atoms with Crippen LogP contribution in [0.4, 0.5) is 5.82 Å². The summed E-state index contributed by atoms with van der Waals surface area (Å²) in [6.07, 6.45) is 0. The summed E-state index contributed by atoms with van der Waals surface area (Å²) in [7, 11) is 0. The van der Waals surface area contributed by atoms with E-state index in [0.29, 0.717) is 19.0 Å². The summed E-state index contributed by atoms with van der Waals surface area (Å²) in [5.74, 6) is 3.06. The lowest BCUT2D eigenvalue weighted by Gasteiger charge is -2.18. The van der Waals surface area contributed by atoms with Crippen LogP contribution in [0.5, 0.6) is 11.5 Å². The van der Waals surface area contributed by atoms with Gasteiger partial charge in [0.1, 0.15) is 19.0 Å². The van der Waals surface area contributed by atoms with Crippen LogP contribution < -0.4 is 14.8 Å². The molecule has 0 amide bonds. The maximum Gasteiger partial charge on any atom is 0.162 e. The van der Waals surface area contributed by atoms with Gasteiger partial charge < -0.3 is 14.8 Å². The first-order valence-electron chi connectivity index (χ1n) is 6.76. The van der Waals surface area contributed by atoms with Crippen LogP contribution in [0.1, 0.15) is 12.6 Å². The molecule has 1 aliphatic rings. The van der Waals surface area contributed by atoms with E-state index in [0.717, 1.165) is 35.1 Å². The van der Waals surface area contributed by atoms with Crippen molar-refractivity contribution in [1.29, 1.82) is 0 Å². The molecule has 3 rings (SSSR count). The monoisotopic (exact) mass is 271 g/mol. The highest BCUT2D eigenvalue weighted by Crippen LogP contribution is 2.33. The van der Waals surface area contributed by atoms with E-state index < -0.39 is 0 Å². The third-order valence-corrected chi connectivity index (χ3v) is 3.01. The molecule has 0 unspecified atom stereocenters. The lowest BCUT2D eigenvalue weighted by molar-refractivity contribution is 0.171. The highest BCUT2D eigenvalue weighted by molar-refractivity contribution is 5.62. The second-order valence-corrected chi connectivity index (χ2v) is 4.61. The minimum absolute atomic E-state index is 0.577. The molecule has 2 aromatic rings. The molecular weight excluding hydrogens is 254 g/mol. The van der Waals surface area contributed by atoms with E-state index in [1.165, 1.54) is 0 Å². The molecule has 0 bridgehead atoms. The van der Waals surface area contributed by atoms with Crippen molar-refractivity contribution in [2.45, 2.75) is 13.8 Å². The predicted molar refractivity (Wildman–Crippen MR) is 77.4 cm³/mol. The Balaban J connectivity index is 1.99. The van der Waals surface area contributed by atoms with Gasteiger partial charge in [0.05, 0.1) is 0 Å². The molecule has 1 aromatic carbocycles. The Kier molecular flexibility index (Phi) is 3.41. The molecule has 104 valence electrons. The van der Waals surface area contributed by atoms with Crippen LogP contribution in [-0.4, -0.2) is 29.7 Å². The summed E-state index contributed by atoms with van der Waals surface area (Å²) in [6, 6.07) is 7.73. The van der Waals surface area contributed by atoms with Gasteiger partial charge in [-0.1, -0.05) is 0 Å². The van der Waals surface area contributed by atoms with Crippen molar-refractivity contribution in [2.75, 3.05) is 25.1 Å². The molecule has 0 aliphatic carbocycles. The molecule has 1 N–H and O–H groups in total. The van der Waals surface area contributed by atoms with Crippen LogP contribution in [-0.2, 0) is 0 Å². The number of rotatable bonds is 3. The fourth-order valence-electron chi connectivity index (χ4n) is 2.15. The summed E-state index contributed by atoms with van der Waals surface area (Å²) in [5, 5.41) is 3.21. The third kappa shape index (κ3) is 2.52. The molecule has 0 spiro atoms. The molecule has 1 aromatic heterocycles. The number of aryl methyl sites for hydroxylation is 1. The normalized spacial score (nSPS) is 13.1. The molecule has 1 aliphatic heterocycles. The molecule has 2 heterocycles. The maximum absolute atomic E-state index is 5.60. The van der Waals surface area contributed by atoms with E-state index in [4.69, 9.17) is 9.47 Å². The number of hydrogen-bond donors (Lipinski definition) is 1. The number of hydrogen-bond acceptors (Lipinski definition) is 5.